The van der Waals surface area contributed by atoms with Crippen LogP contribution >= 0.6 is 0 Å². The van der Waals surface area contributed by atoms with Crippen molar-refractivity contribution in [1.29, 1.82) is 0 Å². The molecule has 1 aliphatic heterocycles. The fraction of sp³-hybridized carbons (Fsp3) is 0.360. The predicted octanol–water partition coefficient (Wildman–Crippen LogP) is 4.99. The Bertz CT molecular complexity index is 851. The molecule has 1 aromatic heterocycles. The van der Waals surface area contributed by atoms with Gasteiger partial charge in [-0.3, -0.25) is 4.90 Å². The van der Waals surface area contributed by atoms with E-state index in [9.17, 15) is 5.11 Å². The molecule has 4 rings (SSSR count). The lowest BCUT2D eigenvalue weighted by molar-refractivity contribution is 0.0243. The number of hydrogen-bond acceptors (Lipinski definition) is 4. The van der Waals surface area contributed by atoms with Crippen LogP contribution < -0.4 is 4.74 Å². The van der Waals surface area contributed by atoms with Crippen LogP contribution in [0.5, 0.6) is 5.75 Å². The van der Waals surface area contributed by atoms with Gasteiger partial charge < -0.3 is 14.3 Å². The zero-order valence-corrected chi connectivity index (χ0v) is 16.8. The highest BCUT2D eigenvalue weighted by Crippen LogP contribution is 2.35. The molecule has 2 heterocycles. The van der Waals surface area contributed by atoms with Crippen molar-refractivity contribution in [2.45, 2.75) is 25.8 Å². The van der Waals surface area contributed by atoms with E-state index in [-0.39, 0.29) is 12.0 Å². The molecule has 152 valence electrons. The maximum Gasteiger partial charge on any atom is 0.133 e. The average Bonchev–Trinajstić information content (AvgIpc) is 3.31. The second-order valence-electron chi connectivity index (χ2n) is 8.02. The monoisotopic (exact) mass is 391 g/mol. The smallest absolute Gasteiger partial charge is 0.133 e. The first-order valence-corrected chi connectivity index (χ1v) is 10.4. The van der Waals surface area contributed by atoms with Crippen LogP contribution in [0, 0.1) is 5.41 Å². The van der Waals surface area contributed by atoms with Crippen LogP contribution in [0.25, 0.3) is 11.3 Å². The van der Waals surface area contributed by atoms with E-state index in [0.29, 0.717) is 6.61 Å². The van der Waals surface area contributed by atoms with Gasteiger partial charge in [-0.1, -0.05) is 42.5 Å². The molecule has 2 aromatic carbocycles. The Labute approximate surface area is 172 Å². The zero-order chi connectivity index (χ0) is 19.9. The minimum absolute atomic E-state index is 0.0194. The van der Waals surface area contributed by atoms with E-state index in [1.807, 2.05) is 42.5 Å². The van der Waals surface area contributed by atoms with E-state index in [4.69, 9.17) is 9.15 Å². The number of furan rings is 1. The molecule has 29 heavy (non-hydrogen) atoms. The molecule has 0 atom stereocenters. The van der Waals surface area contributed by atoms with Gasteiger partial charge in [0, 0.05) is 18.7 Å². The van der Waals surface area contributed by atoms with Crippen molar-refractivity contribution in [1.82, 2.24) is 4.90 Å². The molecule has 4 heteroatoms. The van der Waals surface area contributed by atoms with Gasteiger partial charge in [0.05, 0.1) is 12.9 Å². The Morgan fingerprint density at radius 3 is 2.34 bits per heavy atom. The molecule has 0 amide bonds. The van der Waals surface area contributed by atoms with Gasteiger partial charge >= 0.3 is 0 Å². The van der Waals surface area contributed by atoms with Gasteiger partial charge in [-0.05, 0) is 67.6 Å². The lowest BCUT2D eigenvalue weighted by Gasteiger charge is -2.40. The summed E-state index contributed by atoms with van der Waals surface area (Å²) in [5.74, 6) is 1.80. The summed E-state index contributed by atoms with van der Waals surface area (Å²) < 4.78 is 11.3. The third kappa shape index (κ3) is 5.08. The summed E-state index contributed by atoms with van der Waals surface area (Å²) in [4.78, 5) is 2.48. The van der Waals surface area contributed by atoms with Crippen LogP contribution in [0.2, 0.25) is 0 Å². The molecule has 1 aliphatic rings. The molecule has 0 spiro atoms. The molecule has 4 nitrogen and oxygen atoms in total. The summed E-state index contributed by atoms with van der Waals surface area (Å²) in [7, 11) is 0. The first-order valence-electron chi connectivity index (χ1n) is 10.4. The Hall–Kier alpha value is -2.56. The summed E-state index contributed by atoms with van der Waals surface area (Å²) in [6.07, 6.45) is 4.61. The van der Waals surface area contributed by atoms with Crippen molar-refractivity contribution in [3.63, 3.8) is 0 Å². The standard InChI is InChI=1S/C25H29NO3/c27-20-25(14-18-28-23-5-2-1-3-6-23)12-15-26(16-13-25)19-21-8-10-22(11-9-21)24-7-4-17-29-24/h1-11,17,27H,12-16,18-20H2. The lowest BCUT2D eigenvalue weighted by atomic mass is 9.76. The number of aliphatic hydroxyl groups excluding tert-OH is 1. The molecule has 0 aliphatic carbocycles. The zero-order valence-electron chi connectivity index (χ0n) is 16.8. The van der Waals surface area contributed by atoms with Crippen molar-refractivity contribution < 1.29 is 14.3 Å². The number of likely N-dealkylation sites (tertiary alicyclic amines) is 1. The molecule has 3 aromatic rings. The van der Waals surface area contributed by atoms with Crippen LogP contribution in [0.15, 0.2) is 77.4 Å². The maximum atomic E-state index is 10.1. The van der Waals surface area contributed by atoms with Crippen molar-refractivity contribution in [3.8, 4) is 17.1 Å². The quantitative estimate of drug-likeness (QED) is 0.588. The fourth-order valence-electron chi connectivity index (χ4n) is 4.05. The van der Waals surface area contributed by atoms with E-state index in [1.54, 1.807) is 6.26 Å². The van der Waals surface area contributed by atoms with Gasteiger partial charge in [0.1, 0.15) is 11.5 Å². The summed E-state index contributed by atoms with van der Waals surface area (Å²) in [5.41, 5.74) is 2.40. The number of aliphatic hydroxyl groups is 1. The number of hydrogen-bond donors (Lipinski definition) is 1. The topological polar surface area (TPSA) is 45.8 Å². The van der Waals surface area contributed by atoms with Crippen LogP contribution in [-0.4, -0.2) is 36.3 Å². The minimum atomic E-state index is -0.0194. The van der Waals surface area contributed by atoms with E-state index >= 15 is 0 Å². The van der Waals surface area contributed by atoms with E-state index < -0.39 is 0 Å². The SMILES string of the molecule is OCC1(CCOc2ccccc2)CCN(Cc2ccc(-c3ccco3)cc2)CC1. The third-order valence-electron chi connectivity index (χ3n) is 6.06. The fourth-order valence-corrected chi connectivity index (χ4v) is 4.05. The maximum absolute atomic E-state index is 10.1. The van der Waals surface area contributed by atoms with Gasteiger partial charge in [-0.25, -0.2) is 0 Å². The highest BCUT2D eigenvalue weighted by molar-refractivity contribution is 5.57. The first kappa shape index (κ1) is 19.7. The number of benzene rings is 2. The molecular weight excluding hydrogens is 362 g/mol. The highest BCUT2D eigenvalue weighted by Gasteiger charge is 2.33. The van der Waals surface area contributed by atoms with Crippen molar-refractivity contribution in [2.75, 3.05) is 26.3 Å². The van der Waals surface area contributed by atoms with E-state index in [1.165, 1.54) is 5.56 Å². The number of piperidine rings is 1. The summed E-state index contributed by atoms with van der Waals surface area (Å²) in [6, 6.07) is 22.4. The molecule has 0 saturated carbocycles. The van der Waals surface area contributed by atoms with Crippen LogP contribution in [0.3, 0.4) is 0 Å². The third-order valence-corrected chi connectivity index (χ3v) is 6.06. The second-order valence-corrected chi connectivity index (χ2v) is 8.02. The number of ether oxygens (including phenoxy) is 1. The van der Waals surface area contributed by atoms with Gasteiger partial charge in [0.25, 0.3) is 0 Å². The van der Waals surface area contributed by atoms with Crippen LogP contribution in [0.4, 0.5) is 0 Å². The highest BCUT2D eigenvalue weighted by atomic mass is 16.5. The molecule has 1 fully saturated rings. The molecule has 0 unspecified atom stereocenters. The minimum Gasteiger partial charge on any atom is -0.494 e. The Kier molecular flexibility index (Phi) is 6.33. The molecule has 1 N–H and O–H groups in total. The summed E-state index contributed by atoms with van der Waals surface area (Å²) in [6.45, 7) is 3.84. The Morgan fingerprint density at radius 2 is 1.69 bits per heavy atom. The van der Waals surface area contributed by atoms with Crippen molar-refractivity contribution >= 4 is 0 Å². The van der Waals surface area contributed by atoms with Crippen molar-refractivity contribution in [2.24, 2.45) is 5.41 Å². The van der Waals surface area contributed by atoms with Gasteiger partial charge in [0.15, 0.2) is 0 Å². The van der Waals surface area contributed by atoms with E-state index in [0.717, 1.165) is 56.0 Å². The van der Waals surface area contributed by atoms with Crippen LogP contribution in [-0.2, 0) is 6.54 Å². The van der Waals surface area contributed by atoms with Gasteiger partial charge in [-0.15, -0.1) is 0 Å². The molecular formula is C25H29NO3. The Morgan fingerprint density at radius 1 is 0.931 bits per heavy atom. The Balaban J connectivity index is 1.26. The van der Waals surface area contributed by atoms with Gasteiger partial charge in [-0.2, -0.15) is 0 Å². The first-order chi connectivity index (χ1) is 14.3. The van der Waals surface area contributed by atoms with Crippen molar-refractivity contribution in [3.05, 3.63) is 78.6 Å². The summed E-state index contributed by atoms with van der Waals surface area (Å²) in [5, 5.41) is 10.1. The lowest BCUT2D eigenvalue weighted by Crippen LogP contribution is -2.42. The largest absolute Gasteiger partial charge is 0.494 e. The second kappa shape index (κ2) is 9.29. The molecule has 1 saturated heterocycles. The molecule has 0 radical (unpaired) electrons. The number of nitrogens with zero attached hydrogens (tertiary/aromatic N) is 1. The molecule has 0 bridgehead atoms. The normalized spacial score (nSPS) is 16.6. The number of para-hydroxylation sites is 1. The average molecular weight is 392 g/mol. The predicted molar refractivity (Wildman–Crippen MR) is 115 cm³/mol. The van der Waals surface area contributed by atoms with Crippen LogP contribution in [0.1, 0.15) is 24.8 Å². The summed E-state index contributed by atoms with van der Waals surface area (Å²) >= 11 is 0. The number of rotatable bonds is 8. The van der Waals surface area contributed by atoms with Gasteiger partial charge in [0.2, 0.25) is 0 Å². The van der Waals surface area contributed by atoms with E-state index in [2.05, 4.69) is 29.2 Å².